The molecule has 0 radical (unpaired) electrons. The van der Waals surface area contributed by atoms with Crippen LogP contribution in [-0.4, -0.2) is 16.5 Å². The molecule has 0 bridgehead atoms. The van der Waals surface area contributed by atoms with Crippen LogP contribution in [0.15, 0.2) is 30.3 Å². The van der Waals surface area contributed by atoms with E-state index >= 15 is 0 Å². The molecule has 1 N–H and O–H groups in total. The second-order valence-corrected chi connectivity index (χ2v) is 4.00. The van der Waals surface area contributed by atoms with Gasteiger partial charge in [0.15, 0.2) is 0 Å². The molecule has 1 aromatic carbocycles. The predicted octanol–water partition coefficient (Wildman–Crippen LogP) is 3.32. The molecule has 4 nitrogen and oxygen atoms in total. The van der Waals surface area contributed by atoms with Gasteiger partial charge in [-0.05, 0) is 32.9 Å². The first-order valence-electron chi connectivity index (χ1n) is 6.02. The third-order valence-electron chi connectivity index (χ3n) is 2.51. The highest BCUT2D eigenvalue weighted by atomic mass is 16.5. The maximum absolute atomic E-state index is 5.79. The topological polar surface area (TPSA) is 47.0 Å². The Balaban J connectivity index is 2.33. The van der Waals surface area contributed by atoms with Crippen LogP contribution < -0.4 is 10.1 Å². The Morgan fingerprint density at radius 3 is 2.50 bits per heavy atom. The molecule has 1 heterocycles. The van der Waals surface area contributed by atoms with Crippen molar-refractivity contribution in [1.82, 2.24) is 9.97 Å². The molecule has 0 aliphatic rings. The van der Waals surface area contributed by atoms with Gasteiger partial charge in [0.25, 0.3) is 0 Å². The Kier molecular flexibility index (Phi) is 3.77. The van der Waals surface area contributed by atoms with Crippen LogP contribution in [0.2, 0.25) is 0 Å². The van der Waals surface area contributed by atoms with Crippen molar-refractivity contribution in [3.8, 4) is 11.6 Å². The van der Waals surface area contributed by atoms with Crippen LogP contribution in [0, 0.1) is 13.8 Å². The fourth-order valence-corrected chi connectivity index (χ4v) is 1.64. The first kappa shape index (κ1) is 12.4. The third kappa shape index (κ3) is 2.77. The molecule has 0 aliphatic heterocycles. The minimum Gasteiger partial charge on any atom is -0.439 e. The van der Waals surface area contributed by atoms with E-state index < -0.39 is 0 Å². The number of anilines is 1. The summed E-state index contributed by atoms with van der Waals surface area (Å²) >= 11 is 0. The van der Waals surface area contributed by atoms with Gasteiger partial charge >= 0.3 is 0 Å². The molecular weight excluding hydrogens is 226 g/mol. The molecule has 18 heavy (non-hydrogen) atoms. The normalized spacial score (nSPS) is 10.2. The standard InChI is InChI=1S/C14H17N3O/c1-4-15-13-10(2)14(17-11(3)16-13)18-12-8-6-5-7-9-12/h5-9H,4H2,1-3H3,(H,15,16,17). The summed E-state index contributed by atoms with van der Waals surface area (Å²) in [4.78, 5) is 8.70. The highest BCUT2D eigenvalue weighted by Gasteiger charge is 2.10. The van der Waals surface area contributed by atoms with E-state index in [9.17, 15) is 0 Å². The van der Waals surface area contributed by atoms with Crippen molar-refractivity contribution < 1.29 is 4.74 Å². The number of aromatic nitrogens is 2. The fraction of sp³-hybridized carbons (Fsp3) is 0.286. The van der Waals surface area contributed by atoms with Gasteiger partial charge < -0.3 is 10.1 Å². The molecule has 0 atom stereocenters. The smallest absolute Gasteiger partial charge is 0.227 e. The Hall–Kier alpha value is -2.10. The number of hydrogen-bond acceptors (Lipinski definition) is 4. The van der Waals surface area contributed by atoms with Crippen LogP contribution in [0.25, 0.3) is 0 Å². The summed E-state index contributed by atoms with van der Waals surface area (Å²) in [6.07, 6.45) is 0. The van der Waals surface area contributed by atoms with E-state index in [-0.39, 0.29) is 0 Å². The lowest BCUT2D eigenvalue weighted by molar-refractivity contribution is 0.456. The van der Waals surface area contributed by atoms with Crippen molar-refractivity contribution in [2.75, 3.05) is 11.9 Å². The predicted molar refractivity (Wildman–Crippen MR) is 72.2 cm³/mol. The van der Waals surface area contributed by atoms with Gasteiger partial charge in [-0.2, -0.15) is 4.98 Å². The van der Waals surface area contributed by atoms with Crippen molar-refractivity contribution in [1.29, 1.82) is 0 Å². The van der Waals surface area contributed by atoms with Gasteiger partial charge in [-0.3, -0.25) is 0 Å². The molecule has 0 saturated heterocycles. The van der Waals surface area contributed by atoms with Crippen molar-refractivity contribution >= 4 is 5.82 Å². The van der Waals surface area contributed by atoms with Crippen LogP contribution >= 0.6 is 0 Å². The van der Waals surface area contributed by atoms with Crippen molar-refractivity contribution in [2.24, 2.45) is 0 Å². The van der Waals surface area contributed by atoms with Crippen LogP contribution in [0.1, 0.15) is 18.3 Å². The lowest BCUT2D eigenvalue weighted by atomic mass is 10.3. The largest absolute Gasteiger partial charge is 0.439 e. The highest BCUT2D eigenvalue weighted by molar-refractivity contribution is 5.49. The molecule has 1 aromatic heterocycles. The monoisotopic (exact) mass is 243 g/mol. The summed E-state index contributed by atoms with van der Waals surface area (Å²) in [5.74, 6) is 2.91. The number of nitrogens with one attached hydrogen (secondary N) is 1. The molecule has 94 valence electrons. The maximum atomic E-state index is 5.79. The molecule has 0 fully saturated rings. The number of rotatable bonds is 4. The van der Waals surface area contributed by atoms with Gasteiger partial charge in [0, 0.05) is 6.54 Å². The van der Waals surface area contributed by atoms with Gasteiger partial charge in [-0.15, -0.1) is 0 Å². The fourth-order valence-electron chi connectivity index (χ4n) is 1.64. The van der Waals surface area contributed by atoms with E-state index in [4.69, 9.17) is 4.74 Å². The molecule has 0 aliphatic carbocycles. The summed E-state index contributed by atoms with van der Waals surface area (Å²) in [5, 5.41) is 3.21. The minimum atomic E-state index is 0.602. The number of ether oxygens (including phenoxy) is 1. The summed E-state index contributed by atoms with van der Waals surface area (Å²) in [6, 6.07) is 9.64. The van der Waals surface area contributed by atoms with Gasteiger partial charge in [0.05, 0.1) is 5.56 Å². The zero-order chi connectivity index (χ0) is 13.0. The first-order chi connectivity index (χ1) is 8.70. The number of hydrogen-bond donors (Lipinski definition) is 1. The van der Waals surface area contributed by atoms with Crippen LogP contribution in [0.5, 0.6) is 11.6 Å². The zero-order valence-corrected chi connectivity index (χ0v) is 10.9. The Bertz CT molecular complexity index is 526. The molecule has 0 amide bonds. The Morgan fingerprint density at radius 2 is 1.83 bits per heavy atom. The third-order valence-corrected chi connectivity index (χ3v) is 2.51. The van der Waals surface area contributed by atoms with Crippen molar-refractivity contribution in [2.45, 2.75) is 20.8 Å². The van der Waals surface area contributed by atoms with E-state index in [0.29, 0.717) is 11.7 Å². The summed E-state index contributed by atoms with van der Waals surface area (Å²) in [6.45, 7) is 6.67. The van der Waals surface area contributed by atoms with Gasteiger partial charge in [0.2, 0.25) is 5.88 Å². The second kappa shape index (κ2) is 5.49. The van der Waals surface area contributed by atoms with Crippen LogP contribution in [0.4, 0.5) is 5.82 Å². The Morgan fingerprint density at radius 1 is 1.11 bits per heavy atom. The summed E-state index contributed by atoms with van der Waals surface area (Å²) in [7, 11) is 0. The molecule has 0 spiro atoms. The maximum Gasteiger partial charge on any atom is 0.227 e. The van der Waals surface area contributed by atoms with E-state index in [1.165, 1.54) is 0 Å². The lowest BCUT2D eigenvalue weighted by Crippen LogP contribution is -2.06. The quantitative estimate of drug-likeness (QED) is 0.894. The minimum absolute atomic E-state index is 0.602. The molecular formula is C14H17N3O. The molecule has 4 heteroatoms. The zero-order valence-electron chi connectivity index (χ0n) is 10.9. The number of nitrogens with zero attached hydrogens (tertiary/aromatic N) is 2. The van der Waals surface area contributed by atoms with Crippen molar-refractivity contribution in [3.05, 3.63) is 41.7 Å². The van der Waals surface area contributed by atoms with Crippen molar-refractivity contribution in [3.63, 3.8) is 0 Å². The average molecular weight is 243 g/mol. The molecule has 2 rings (SSSR count). The van der Waals surface area contributed by atoms with E-state index in [2.05, 4.69) is 15.3 Å². The highest BCUT2D eigenvalue weighted by Crippen LogP contribution is 2.26. The summed E-state index contributed by atoms with van der Waals surface area (Å²) < 4.78 is 5.79. The lowest BCUT2D eigenvalue weighted by Gasteiger charge is -2.12. The number of benzene rings is 1. The SMILES string of the molecule is CCNc1nc(C)nc(Oc2ccccc2)c1C. The van der Waals surface area contributed by atoms with E-state index in [1.807, 2.05) is 51.1 Å². The molecule has 0 unspecified atom stereocenters. The number of aryl methyl sites for hydroxylation is 1. The van der Waals surface area contributed by atoms with E-state index in [1.54, 1.807) is 0 Å². The summed E-state index contributed by atoms with van der Waals surface area (Å²) in [5.41, 5.74) is 0.923. The van der Waals surface area contributed by atoms with Crippen LogP contribution in [0.3, 0.4) is 0 Å². The first-order valence-corrected chi connectivity index (χ1v) is 6.02. The van der Waals surface area contributed by atoms with Gasteiger partial charge in [-0.1, -0.05) is 18.2 Å². The van der Waals surface area contributed by atoms with E-state index in [0.717, 1.165) is 23.7 Å². The number of para-hydroxylation sites is 1. The molecule has 0 saturated carbocycles. The average Bonchev–Trinajstić information content (AvgIpc) is 2.36. The molecule has 2 aromatic rings. The second-order valence-electron chi connectivity index (χ2n) is 4.00. The van der Waals surface area contributed by atoms with Gasteiger partial charge in [-0.25, -0.2) is 4.98 Å². The van der Waals surface area contributed by atoms with Gasteiger partial charge in [0.1, 0.15) is 17.4 Å². The van der Waals surface area contributed by atoms with Crippen LogP contribution in [-0.2, 0) is 0 Å². The Labute approximate surface area is 107 Å².